The van der Waals surface area contributed by atoms with E-state index in [2.05, 4.69) is 31.9 Å². The molecule has 100 valence electrons. The number of carbonyl (C=O) groups is 1. The van der Waals surface area contributed by atoms with Crippen LogP contribution in [0.25, 0.3) is 0 Å². The van der Waals surface area contributed by atoms with E-state index in [0.717, 1.165) is 15.4 Å². The first-order valence-electron chi connectivity index (χ1n) is 5.12. The topological polar surface area (TPSA) is 52.3 Å². The van der Waals surface area contributed by atoms with Crippen LogP contribution in [0.5, 0.6) is 0 Å². The van der Waals surface area contributed by atoms with Crippen LogP contribution < -0.4 is 5.73 Å². The number of hydrogen-bond donors (Lipinski definition) is 1. The van der Waals surface area contributed by atoms with Crippen LogP contribution in [0.2, 0.25) is 0 Å². The van der Waals surface area contributed by atoms with Gasteiger partial charge in [0.25, 0.3) is 0 Å². The molecule has 0 bridgehead atoms. The fourth-order valence-corrected chi connectivity index (χ4v) is 3.21. The molecule has 0 saturated carbocycles. The zero-order valence-corrected chi connectivity index (χ0v) is 13.4. The Kier molecular flexibility index (Phi) is 4.59. The lowest BCUT2D eigenvalue weighted by Gasteiger charge is -2.07. The Morgan fingerprint density at radius 3 is 2.74 bits per heavy atom. The molecule has 19 heavy (non-hydrogen) atoms. The van der Waals surface area contributed by atoms with Crippen molar-refractivity contribution in [1.29, 1.82) is 0 Å². The summed E-state index contributed by atoms with van der Waals surface area (Å²) in [6, 6.07) is 4.27. The van der Waals surface area contributed by atoms with Gasteiger partial charge in [-0.1, -0.05) is 0 Å². The Hall–Kier alpha value is -0.920. The van der Waals surface area contributed by atoms with Crippen LogP contribution in [0, 0.1) is 5.82 Å². The summed E-state index contributed by atoms with van der Waals surface area (Å²) < 4.78 is 19.6. The van der Waals surface area contributed by atoms with Crippen LogP contribution in [0.4, 0.5) is 10.1 Å². The van der Waals surface area contributed by atoms with Crippen molar-refractivity contribution >= 4 is 54.9 Å². The number of thiophene rings is 1. The second-order valence-electron chi connectivity index (χ2n) is 3.66. The van der Waals surface area contributed by atoms with Gasteiger partial charge in [0.2, 0.25) is 0 Å². The van der Waals surface area contributed by atoms with Gasteiger partial charge in [0, 0.05) is 19.2 Å². The number of esters is 1. The molecule has 0 saturated heterocycles. The van der Waals surface area contributed by atoms with Gasteiger partial charge in [0.05, 0.1) is 11.3 Å². The molecule has 0 spiro atoms. The van der Waals surface area contributed by atoms with Crippen LogP contribution in [0.15, 0.2) is 32.5 Å². The number of carbonyl (C=O) groups excluding carboxylic acids is 1. The van der Waals surface area contributed by atoms with E-state index in [-0.39, 0.29) is 17.9 Å². The van der Waals surface area contributed by atoms with E-state index in [1.807, 2.05) is 11.4 Å². The third-order valence-electron chi connectivity index (χ3n) is 2.27. The first kappa shape index (κ1) is 14.5. The van der Waals surface area contributed by atoms with E-state index in [0.29, 0.717) is 4.47 Å². The molecule has 0 atom stereocenters. The van der Waals surface area contributed by atoms with Crippen molar-refractivity contribution in [2.24, 2.45) is 0 Å². The molecular weight excluding hydrogens is 401 g/mol. The van der Waals surface area contributed by atoms with Crippen molar-refractivity contribution in [3.63, 3.8) is 0 Å². The monoisotopic (exact) mass is 407 g/mol. The van der Waals surface area contributed by atoms with Gasteiger partial charge < -0.3 is 10.5 Å². The molecule has 0 amide bonds. The summed E-state index contributed by atoms with van der Waals surface area (Å²) in [6.07, 6.45) is 0. The molecule has 2 aromatic rings. The Bertz CT molecular complexity index is 630. The lowest BCUT2D eigenvalue weighted by atomic mass is 10.2. The Balaban J connectivity index is 2.10. The lowest BCUT2D eigenvalue weighted by molar-refractivity contribution is 0.0475. The van der Waals surface area contributed by atoms with E-state index < -0.39 is 11.8 Å². The minimum Gasteiger partial charge on any atom is -0.456 e. The van der Waals surface area contributed by atoms with E-state index in [1.165, 1.54) is 17.4 Å². The van der Waals surface area contributed by atoms with Gasteiger partial charge >= 0.3 is 5.97 Å². The third-order valence-corrected chi connectivity index (χ3v) is 4.60. The summed E-state index contributed by atoms with van der Waals surface area (Å²) >= 11 is 7.90. The molecule has 1 aromatic heterocycles. The zero-order valence-electron chi connectivity index (χ0n) is 9.45. The highest BCUT2D eigenvalue weighted by atomic mass is 79.9. The molecule has 7 heteroatoms. The van der Waals surface area contributed by atoms with E-state index in [1.54, 1.807) is 0 Å². The van der Waals surface area contributed by atoms with E-state index >= 15 is 0 Å². The number of nitrogens with two attached hydrogens (primary N) is 1. The molecule has 0 fully saturated rings. The van der Waals surface area contributed by atoms with Crippen LogP contribution in [-0.2, 0) is 11.3 Å². The van der Waals surface area contributed by atoms with Crippen LogP contribution in [0.3, 0.4) is 0 Å². The quantitative estimate of drug-likeness (QED) is 0.606. The van der Waals surface area contributed by atoms with Crippen molar-refractivity contribution in [2.45, 2.75) is 6.61 Å². The molecule has 1 aromatic carbocycles. The molecule has 3 nitrogen and oxygen atoms in total. The number of rotatable bonds is 3. The van der Waals surface area contributed by atoms with Crippen LogP contribution in [0.1, 0.15) is 15.2 Å². The maximum absolute atomic E-state index is 13.2. The molecular formula is C12H8Br2FNO2S. The summed E-state index contributed by atoms with van der Waals surface area (Å²) in [6.45, 7) is 0.165. The Labute approximate surface area is 129 Å². The summed E-state index contributed by atoms with van der Waals surface area (Å²) in [4.78, 5) is 12.8. The molecule has 0 aliphatic rings. The summed E-state index contributed by atoms with van der Waals surface area (Å²) in [5.74, 6) is -1.13. The minimum absolute atomic E-state index is 0.0889. The average molecular weight is 409 g/mol. The van der Waals surface area contributed by atoms with Gasteiger partial charge in [0.15, 0.2) is 0 Å². The molecule has 0 aliphatic heterocycles. The van der Waals surface area contributed by atoms with Crippen molar-refractivity contribution in [3.05, 3.63) is 48.8 Å². The summed E-state index contributed by atoms with van der Waals surface area (Å²) in [5, 5.41) is 1.90. The molecule has 2 N–H and O–H groups in total. The normalized spacial score (nSPS) is 10.5. The van der Waals surface area contributed by atoms with Crippen molar-refractivity contribution in [2.75, 3.05) is 5.73 Å². The number of ether oxygens (including phenoxy) is 1. The fourth-order valence-electron chi connectivity index (χ4n) is 1.37. The van der Waals surface area contributed by atoms with Gasteiger partial charge in [0.1, 0.15) is 12.4 Å². The largest absolute Gasteiger partial charge is 0.456 e. The second-order valence-corrected chi connectivity index (χ2v) is 6.43. The van der Waals surface area contributed by atoms with E-state index in [9.17, 15) is 9.18 Å². The number of halogens is 3. The van der Waals surface area contributed by atoms with Crippen molar-refractivity contribution in [1.82, 2.24) is 0 Å². The van der Waals surface area contributed by atoms with Gasteiger partial charge in [-0.05, 0) is 50.1 Å². The first-order valence-corrected chi connectivity index (χ1v) is 7.58. The maximum Gasteiger partial charge on any atom is 0.339 e. The Morgan fingerprint density at radius 2 is 2.11 bits per heavy atom. The molecule has 0 radical (unpaired) electrons. The third kappa shape index (κ3) is 3.55. The van der Waals surface area contributed by atoms with E-state index in [4.69, 9.17) is 10.5 Å². The predicted octanol–water partition coefficient (Wildman–Crippen LogP) is 4.35. The number of anilines is 1. The predicted molar refractivity (Wildman–Crippen MR) is 79.7 cm³/mol. The second kappa shape index (κ2) is 6.02. The van der Waals surface area contributed by atoms with Crippen LogP contribution >= 0.6 is 43.2 Å². The number of hydrogen-bond acceptors (Lipinski definition) is 4. The summed E-state index contributed by atoms with van der Waals surface area (Å²) in [7, 11) is 0. The fraction of sp³-hybridized carbons (Fsp3) is 0.0833. The molecule has 0 aliphatic carbocycles. The summed E-state index contributed by atoms with van der Waals surface area (Å²) in [5.41, 5.74) is 5.54. The lowest BCUT2D eigenvalue weighted by Crippen LogP contribution is -2.07. The Morgan fingerprint density at radius 1 is 1.37 bits per heavy atom. The zero-order chi connectivity index (χ0) is 14.0. The van der Waals surface area contributed by atoms with Gasteiger partial charge in [-0.25, -0.2) is 9.18 Å². The van der Waals surface area contributed by atoms with Gasteiger partial charge in [-0.15, -0.1) is 11.3 Å². The number of benzene rings is 1. The van der Waals surface area contributed by atoms with Gasteiger partial charge in [-0.3, -0.25) is 0 Å². The van der Waals surface area contributed by atoms with Gasteiger partial charge in [-0.2, -0.15) is 0 Å². The molecule has 2 rings (SSSR count). The minimum atomic E-state index is -0.578. The average Bonchev–Trinajstić information content (AvgIpc) is 2.77. The maximum atomic E-state index is 13.2. The molecule has 0 unspecified atom stereocenters. The highest BCUT2D eigenvalue weighted by molar-refractivity contribution is 9.10. The molecule has 1 heterocycles. The first-order chi connectivity index (χ1) is 8.97. The number of nitrogen functional groups attached to an aromatic ring is 1. The highest BCUT2D eigenvalue weighted by Gasteiger charge is 2.15. The standard InChI is InChI=1S/C12H8Br2FNO2S/c13-6-1-7(19-5-6)4-18-12(17)8-2-11(16)10(15)3-9(8)14/h1-3,5H,4,16H2. The highest BCUT2D eigenvalue weighted by Crippen LogP contribution is 2.25. The van der Waals surface area contributed by atoms with Crippen LogP contribution in [-0.4, -0.2) is 5.97 Å². The van der Waals surface area contributed by atoms with Crippen molar-refractivity contribution < 1.29 is 13.9 Å². The SMILES string of the molecule is Nc1cc(C(=O)OCc2cc(Br)cs2)c(Br)cc1F. The smallest absolute Gasteiger partial charge is 0.339 e. The van der Waals surface area contributed by atoms with Crippen molar-refractivity contribution in [3.8, 4) is 0 Å².